The van der Waals surface area contributed by atoms with Crippen molar-refractivity contribution in [3.05, 3.63) is 84.9 Å². The lowest BCUT2D eigenvalue weighted by molar-refractivity contribution is -0.145. The summed E-state index contributed by atoms with van der Waals surface area (Å²) in [6, 6.07) is 14.4. The molecule has 228 valence electrons. The van der Waals surface area contributed by atoms with Crippen LogP contribution in [0.1, 0.15) is 20.3 Å². The van der Waals surface area contributed by atoms with Crippen LogP contribution in [0.15, 0.2) is 79.9 Å². The number of alkyl halides is 1. The summed E-state index contributed by atoms with van der Waals surface area (Å²) in [4.78, 5) is 48.2. The molecule has 3 fully saturated rings. The predicted octanol–water partition coefficient (Wildman–Crippen LogP) is 4.84. The summed E-state index contributed by atoms with van der Waals surface area (Å²) < 4.78 is 6.73. The molecule has 2 aromatic rings. The Morgan fingerprint density at radius 1 is 1.07 bits per heavy atom. The number of carbonyl (C=O) groups excluding carboxylic acids is 3. The Bertz CT molecular complexity index is 1390. The number of benzene rings is 2. The molecule has 0 aliphatic carbocycles. The van der Waals surface area contributed by atoms with Crippen molar-refractivity contribution in [3.8, 4) is 0 Å². The first-order valence-corrected chi connectivity index (χ1v) is 15.8. The Morgan fingerprint density at radius 2 is 1.65 bits per heavy atom. The van der Waals surface area contributed by atoms with Gasteiger partial charge in [0.15, 0.2) is 0 Å². The molecule has 7 atom stereocenters. The van der Waals surface area contributed by atoms with Gasteiger partial charge in [-0.15, -0.1) is 13.2 Å². The highest BCUT2D eigenvalue weighted by Gasteiger charge is 2.77. The fourth-order valence-electron chi connectivity index (χ4n) is 7.07. The monoisotopic (exact) mass is 669 g/mol. The average Bonchev–Trinajstić information content (AvgIpc) is 3.59. The molecule has 1 spiro atoms. The number of para-hydroxylation sites is 1. The third-order valence-electron chi connectivity index (χ3n) is 8.92. The van der Waals surface area contributed by atoms with Crippen molar-refractivity contribution in [2.75, 3.05) is 29.5 Å². The van der Waals surface area contributed by atoms with Crippen LogP contribution < -0.4 is 9.80 Å². The second-order valence-corrected chi connectivity index (χ2v) is 13.3. The molecule has 3 amide bonds. The van der Waals surface area contributed by atoms with Crippen LogP contribution in [-0.2, 0) is 19.1 Å². The van der Waals surface area contributed by atoms with Gasteiger partial charge in [0, 0.05) is 34.3 Å². The fourth-order valence-corrected chi connectivity index (χ4v) is 8.14. The number of carbonyl (C=O) groups is 3. The van der Waals surface area contributed by atoms with E-state index in [9.17, 15) is 19.5 Å². The highest BCUT2D eigenvalue weighted by atomic mass is 79.9. The lowest BCUT2D eigenvalue weighted by Crippen LogP contribution is -2.60. The number of rotatable bonds is 11. The van der Waals surface area contributed by atoms with E-state index in [4.69, 9.17) is 16.3 Å². The number of likely N-dealkylation sites (tertiary alicyclic amines) is 1. The van der Waals surface area contributed by atoms with Gasteiger partial charge in [0.25, 0.3) is 5.91 Å². The number of amides is 3. The molecule has 3 aliphatic rings. The highest BCUT2D eigenvalue weighted by molar-refractivity contribution is 9.09. The summed E-state index contributed by atoms with van der Waals surface area (Å²) in [6.45, 7) is 11.6. The zero-order valence-electron chi connectivity index (χ0n) is 24.3. The Labute approximate surface area is 266 Å². The maximum Gasteiger partial charge on any atom is 0.253 e. The van der Waals surface area contributed by atoms with Gasteiger partial charge in [0.1, 0.15) is 11.6 Å². The molecule has 2 bridgehead atoms. The summed E-state index contributed by atoms with van der Waals surface area (Å²) in [6.07, 6.45) is 3.00. The van der Waals surface area contributed by atoms with Crippen molar-refractivity contribution >= 4 is 56.6 Å². The Balaban J connectivity index is 1.63. The van der Waals surface area contributed by atoms with E-state index in [0.717, 1.165) is 0 Å². The van der Waals surface area contributed by atoms with Gasteiger partial charge >= 0.3 is 0 Å². The highest BCUT2D eigenvalue weighted by Crippen LogP contribution is 2.61. The molecule has 3 heterocycles. The van der Waals surface area contributed by atoms with Crippen molar-refractivity contribution in [2.24, 2.45) is 17.8 Å². The van der Waals surface area contributed by atoms with Gasteiger partial charge in [-0.05, 0) is 48.7 Å². The quantitative estimate of drug-likeness (QED) is 0.273. The van der Waals surface area contributed by atoms with Crippen LogP contribution in [0.3, 0.4) is 0 Å². The molecule has 3 saturated heterocycles. The SMILES string of the molecule is C=CCN(C(=O)C1N([C@@H](CO)C(C)C)C(=O)[C@@H]2[C@H](C(=O)N(CC=C)c3ccccc3)[C@H]3OC12CC3Br)c1ccc(Cl)cc1. The molecule has 43 heavy (non-hydrogen) atoms. The molecule has 0 saturated carbocycles. The van der Waals surface area contributed by atoms with E-state index in [2.05, 4.69) is 29.1 Å². The van der Waals surface area contributed by atoms with E-state index in [1.807, 2.05) is 44.2 Å². The fraction of sp³-hybridized carbons (Fsp3) is 0.424. The standard InChI is InChI=1S/C33H37BrClN3O5/c1-5-16-36(22-10-8-7-9-11-22)30(40)26-27-31(41)38(25(19-39)20(3)4)29(33(27)18-24(34)28(26)43-33)32(42)37(17-6-2)23-14-12-21(35)13-15-23/h5-15,20,24-29,39H,1-2,16-19H2,3-4H3/t24?,25-,26-,27-,28-,29?,33?/m0/s1. The van der Waals surface area contributed by atoms with Crippen LogP contribution in [0.2, 0.25) is 5.02 Å². The average molecular weight is 671 g/mol. The molecule has 0 aromatic heterocycles. The first-order chi connectivity index (χ1) is 20.6. The molecule has 2 aromatic carbocycles. The summed E-state index contributed by atoms with van der Waals surface area (Å²) in [7, 11) is 0. The number of aliphatic hydroxyl groups excluding tert-OH is 1. The largest absolute Gasteiger partial charge is 0.394 e. The maximum atomic E-state index is 14.8. The number of aliphatic hydroxyl groups is 1. The second-order valence-electron chi connectivity index (χ2n) is 11.7. The number of nitrogens with zero attached hydrogens (tertiary/aromatic N) is 3. The van der Waals surface area contributed by atoms with Gasteiger partial charge in [0.2, 0.25) is 11.8 Å². The molecule has 3 unspecified atom stereocenters. The van der Waals surface area contributed by atoms with Gasteiger partial charge < -0.3 is 24.5 Å². The molecule has 3 aliphatic heterocycles. The van der Waals surface area contributed by atoms with Gasteiger partial charge in [-0.2, -0.15) is 0 Å². The summed E-state index contributed by atoms with van der Waals surface area (Å²) in [5.74, 6) is -2.91. The summed E-state index contributed by atoms with van der Waals surface area (Å²) in [5.41, 5.74) is -0.0121. The Hall–Kier alpha value is -2.98. The Morgan fingerprint density at radius 3 is 2.21 bits per heavy atom. The van der Waals surface area contributed by atoms with Gasteiger partial charge in [-0.3, -0.25) is 14.4 Å². The lowest BCUT2D eigenvalue weighted by atomic mass is 9.70. The van der Waals surface area contributed by atoms with Crippen LogP contribution in [0.25, 0.3) is 0 Å². The minimum Gasteiger partial charge on any atom is -0.394 e. The second kappa shape index (κ2) is 12.6. The molecule has 8 nitrogen and oxygen atoms in total. The van der Waals surface area contributed by atoms with Crippen molar-refractivity contribution in [2.45, 2.75) is 48.9 Å². The lowest BCUT2D eigenvalue weighted by Gasteiger charge is -2.40. The van der Waals surface area contributed by atoms with Crippen molar-refractivity contribution in [1.82, 2.24) is 4.90 Å². The molecule has 5 rings (SSSR count). The van der Waals surface area contributed by atoms with Crippen molar-refractivity contribution in [1.29, 1.82) is 0 Å². The minimum absolute atomic E-state index is 0.171. The number of anilines is 2. The number of hydrogen-bond donors (Lipinski definition) is 1. The first kappa shape index (κ1) is 31.4. The third kappa shape index (κ3) is 5.24. The molecule has 0 radical (unpaired) electrons. The maximum absolute atomic E-state index is 14.8. The van der Waals surface area contributed by atoms with Crippen LogP contribution in [0.5, 0.6) is 0 Å². The normalized spacial score (nSPS) is 28.1. The smallest absolute Gasteiger partial charge is 0.253 e. The molecule has 10 heteroatoms. The summed E-state index contributed by atoms with van der Waals surface area (Å²) in [5, 5.41) is 11.1. The number of hydrogen-bond acceptors (Lipinski definition) is 5. The van der Waals surface area contributed by atoms with E-state index in [1.165, 1.54) is 4.90 Å². The number of halogens is 2. The third-order valence-corrected chi connectivity index (χ3v) is 10.0. The molecular weight excluding hydrogens is 634 g/mol. The topological polar surface area (TPSA) is 90.4 Å². The van der Waals surface area contributed by atoms with Crippen LogP contribution in [-0.4, -0.2) is 76.0 Å². The van der Waals surface area contributed by atoms with E-state index >= 15 is 0 Å². The Kier molecular flexibility index (Phi) is 9.18. The van der Waals surface area contributed by atoms with E-state index in [0.29, 0.717) is 22.8 Å². The first-order valence-electron chi connectivity index (χ1n) is 14.5. The van der Waals surface area contributed by atoms with Crippen LogP contribution in [0.4, 0.5) is 11.4 Å². The van der Waals surface area contributed by atoms with E-state index in [1.54, 1.807) is 46.2 Å². The molecular formula is C33H37BrClN3O5. The van der Waals surface area contributed by atoms with Crippen molar-refractivity contribution in [3.63, 3.8) is 0 Å². The minimum atomic E-state index is -1.28. The predicted molar refractivity (Wildman–Crippen MR) is 171 cm³/mol. The zero-order valence-corrected chi connectivity index (χ0v) is 26.7. The van der Waals surface area contributed by atoms with Gasteiger partial charge in [0.05, 0.1) is 30.6 Å². The van der Waals surface area contributed by atoms with Gasteiger partial charge in [-0.1, -0.05) is 71.7 Å². The van der Waals surface area contributed by atoms with E-state index < -0.39 is 35.6 Å². The summed E-state index contributed by atoms with van der Waals surface area (Å²) >= 11 is 9.89. The zero-order chi connectivity index (χ0) is 31.1. The number of fused-ring (bicyclic) bond motifs is 1. The van der Waals surface area contributed by atoms with Crippen LogP contribution >= 0.6 is 27.5 Å². The number of ether oxygens (including phenoxy) is 1. The van der Waals surface area contributed by atoms with E-state index in [-0.39, 0.29) is 48.2 Å². The van der Waals surface area contributed by atoms with Crippen molar-refractivity contribution < 1.29 is 24.2 Å². The van der Waals surface area contributed by atoms with Gasteiger partial charge in [-0.25, -0.2) is 0 Å². The molecule has 1 N–H and O–H groups in total. The van der Waals surface area contributed by atoms with Crippen LogP contribution in [0, 0.1) is 17.8 Å².